The fraction of sp³-hybridized carbons (Fsp3) is 0.467. The Morgan fingerprint density at radius 3 is 2.76 bits per heavy atom. The maximum Gasteiger partial charge on any atom is 0.234 e. The Labute approximate surface area is 125 Å². The van der Waals surface area contributed by atoms with Gasteiger partial charge >= 0.3 is 0 Å². The highest BCUT2D eigenvalue weighted by molar-refractivity contribution is 5.77. The summed E-state index contributed by atoms with van der Waals surface area (Å²) in [6, 6.07) is 7.58. The number of hydrogen-bond acceptors (Lipinski definition) is 5. The molecule has 0 atom stereocenters. The Hall–Kier alpha value is -2.26. The average Bonchev–Trinajstić information content (AvgIpc) is 2.47. The molecule has 0 bridgehead atoms. The van der Waals surface area contributed by atoms with Crippen LogP contribution >= 0.6 is 0 Å². The first-order valence-corrected chi connectivity index (χ1v) is 6.63. The minimum atomic E-state index is -0.0970. The van der Waals surface area contributed by atoms with Gasteiger partial charge in [0.1, 0.15) is 11.5 Å². The van der Waals surface area contributed by atoms with Crippen LogP contribution in [0.2, 0.25) is 0 Å². The van der Waals surface area contributed by atoms with E-state index in [0.29, 0.717) is 19.5 Å². The van der Waals surface area contributed by atoms with Gasteiger partial charge < -0.3 is 14.8 Å². The summed E-state index contributed by atoms with van der Waals surface area (Å²) in [4.78, 5) is 13.5. The third-order valence-corrected chi connectivity index (χ3v) is 2.91. The van der Waals surface area contributed by atoms with E-state index in [1.54, 1.807) is 14.2 Å². The lowest BCUT2D eigenvalue weighted by molar-refractivity contribution is -0.122. The number of nitrogens with zero attached hydrogens (tertiary/aromatic N) is 2. The van der Waals surface area contributed by atoms with E-state index in [1.807, 2.05) is 36.2 Å². The van der Waals surface area contributed by atoms with Crippen LogP contribution in [-0.4, -0.2) is 45.2 Å². The topological polar surface area (TPSA) is 74.6 Å². The van der Waals surface area contributed by atoms with Crippen LogP contribution in [0.1, 0.15) is 12.0 Å². The molecular weight excluding hydrogens is 270 g/mol. The van der Waals surface area contributed by atoms with Crippen LogP contribution in [0.4, 0.5) is 0 Å². The summed E-state index contributed by atoms with van der Waals surface area (Å²) in [6.07, 6.45) is 0.321. The van der Waals surface area contributed by atoms with E-state index >= 15 is 0 Å². The van der Waals surface area contributed by atoms with Crippen molar-refractivity contribution in [3.8, 4) is 17.6 Å². The number of ether oxygens (including phenoxy) is 2. The van der Waals surface area contributed by atoms with Crippen molar-refractivity contribution >= 4 is 5.91 Å². The number of amides is 1. The Kier molecular flexibility index (Phi) is 7.05. The largest absolute Gasteiger partial charge is 0.497 e. The predicted molar refractivity (Wildman–Crippen MR) is 79.1 cm³/mol. The highest BCUT2D eigenvalue weighted by atomic mass is 16.5. The molecular formula is C15H21N3O3. The number of carbonyl (C=O) groups is 1. The molecule has 6 nitrogen and oxygen atoms in total. The molecule has 0 spiro atoms. The average molecular weight is 291 g/mol. The molecule has 21 heavy (non-hydrogen) atoms. The van der Waals surface area contributed by atoms with Gasteiger partial charge in [0.25, 0.3) is 0 Å². The Morgan fingerprint density at radius 2 is 2.14 bits per heavy atom. The van der Waals surface area contributed by atoms with Gasteiger partial charge in [-0.25, -0.2) is 0 Å². The highest BCUT2D eigenvalue weighted by Crippen LogP contribution is 2.25. The molecule has 0 aliphatic rings. The molecule has 6 heteroatoms. The van der Waals surface area contributed by atoms with Gasteiger partial charge in [0.05, 0.1) is 33.3 Å². The van der Waals surface area contributed by atoms with Gasteiger partial charge in [-0.2, -0.15) is 5.26 Å². The van der Waals surface area contributed by atoms with E-state index in [0.717, 1.165) is 17.1 Å². The van der Waals surface area contributed by atoms with Crippen molar-refractivity contribution in [1.29, 1.82) is 5.26 Å². The smallest absolute Gasteiger partial charge is 0.234 e. The van der Waals surface area contributed by atoms with Gasteiger partial charge in [-0.1, -0.05) is 6.07 Å². The van der Waals surface area contributed by atoms with E-state index in [9.17, 15) is 4.79 Å². The lowest BCUT2D eigenvalue weighted by Gasteiger charge is -2.18. The van der Waals surface area contributed by atoms with Crippen LogP contribution in [0.25, 0.3) is 0 Å². The van der Waals surface area contributed by atoms with Gasteiger partial charge in [0, 0.05) is 24.7 Å². The monoisotopic (exact) mass is 291 g/mol. The van der Waals surface area contributed by atoms with Crippen molar-refractivity contribution < 1.29 is 14.3 Å². The number of methoxy groups -OCH3 is 2. The van der Waals surface area contributed by atoms with Gasteiger partial charge in [0.2, 0.25) is 5.91 Å². The van der Waals surface area contributed by atoms with E-state index in [2.05, 4.69) is 5.32 Å². The molecule has 1 aromatic rings. The van der Waals surface area contributed by atoms with E-state index in [4.69, 9.17) is 14.7 Å². The van der Waals surface area contributed by atoms with Gasteiger partial charge in [-0.05, 0) is 13.1 Å². The molecule has 0 saturated carbocycles. The second-order valence-electron chi connectivity index (χ2n) is 4.61. The molecule has 0 saturated heterocycles. The molecule has 1 aromatic carbocycles. The quantitative estimate of drug-likeness (QED) is 0.728. The fourth-order valence-electron chi connectivity index (χ4n) is 1.89. The molecule has 1 N–H and O–H groups in total. The number of nitriles is 1. The van der Waals surface area contributed by atoms with Crippen molar-refractivity contribution in [2.45, 2.75) is 13.0 Å². The molecule has 1 amide bonds. The summed E-state index contributed by atoms with van der Waals surface area (Å²) in [5.41, 5.74) is 0.977. The van der Waals surface area contributed by atoms with Crippen LogP contribution < -0.4 is 14.8 Å². The highest BCUT2D eigenvalue weighted by Gasteiger charge is 2.10. The molecule has 0 radical (unpaired) electrons. The predicted octanol–water partition coefficient (Wildman–Crippen LogP) is 1.17. The summed E-state index contributed by atoms with van der Waals surface area (Å²) in [7, 11) is 5.06. The molecule has 0 aliphatic heterocycles. The first-order valence-electron chi connectivity index (χ1n) is 6.63. The van der Waals surface area contributed by atoms with Crippen LogP contribution in [0, 0.1) is 11.3 Å². The minimum Gasteiger partial charge on any atom is -0.497 e. The zero-order chi connectivity index (χ0) is 15.7. The zero-order valence-corrected chi connectivity index (χ0v) is 12.7. The van der Waals surface area contributed by atoms with Crippen LogP contribution in [0.5, 0.6) is 11.5 Å². The van der Waals surface area contributed by atoms with E-state index in [-0.39, 0.29) is 12.5 Å². The summed E-state index contributed by atoms with van der Waals surface area (Å²) in [6.45, 7) is 1.23. The van der Waals surface area contributed by atoms with Crippen LogP contribution in [0.3, 0.4) is 0 Å². The first kappa shape index (κ1) is 16.8. The molecule has 0 aliphatic carbocycles. The Morgan fingerprint density at radius 1 is 1.38 bits per heavy atom. The van der Waals surface area contributed by atoms with Crippen molar-refractivity contribution in [3.63, 3.8) is 0 Å². The number of rotatable bonds is 8. The van der Waals surface area contributed by atoms with E-state index in [1.165, 1.54) is 0 Å². The Balaban J connectivity index is 2.56. The lowest BCUT2D eigenvalue weighted by Crippen LogP contribution is -2.35. The first-order chi connectivity index (χ1) is 10.1. The second-order valence-corrected chi connectivity index (χ2v) is 4.61. The van der Waals surface area contributed by atoms with Crippen LogP contribution in [-0.2, 0) is 11.3 Å². The number of benzene rings is 1. The summed E-state index contributed by atoms with van der Waals surface area (Å²) >= 11 is 0. The van der Waals surface area contributed by atoms with Crippen LogP contribution in [0.15, 0.2) is 18.2 Å². The van der Waals surface area contributed by atoms with Gasteiger partial charge in [0.15, 0.2) is 0 Å². The minimum absolute atomic E-state index is 0.0970. The zero-order valence-electron chi connectivity index (χ0n) is 12.7. The number of likely N-dealkylation sites (N-methyl/N-ethyl adjacent to an activating group) is 1. The molecule has 1 rings (SSSR count). The number of nitrogens with one attached hydrogen (secondary N) is 1. The Bertz CT molecular complexity index is 511. The summed E-state index contributed by atoms with van der Waals surface area (Å²) in [5.74, 6) is 1.36. The third-order valence-electron chi connectivity index (χ3n) is 2.91. The standard InChI is InChI=1S/C15H21N3O3/c1-18(11-15(19)17-8-4-7-16)10-12-5-6-13(20-2)9-14(12)21-3/h5-6,9H,4,8,10-11H2,1-3H3,(H,17,19). The molecule has 0 heterocycles. The van der Waals surface area contributed by atoms with Gasteiger partial charge in [-0.3, -0.25) is 9.69 Å². The fourth-order valence-corrected chi connectivity index (χ4v) is 1.89. The lowest BCUT2D eigenvalue weighted by atomic mass is 10.2. The summed E-state index contributed by atoms with van der Waals surface area (Å²) < 4.78 is 10.5. The molecule has 0 fully saturated rings. The van der Waals surface area contributed by atoms with Crippen molar-refractivity contribution in [3.05, 3.63) is 23.8 Å². The van der Waals surface area contributed by atoms with Crippen molar-refractivity contribution in [2.24, 2.45) is 0 Å². The van der Waals surface area contributed by atoms with Gasteiger partial charge in [-0.15, -0.1) is 0 Å². The maximum atomic E-state index is 11.7. The number of hydrogen-bond donors (Lipinski definition) is 1. The SMILES string of the molecule is COc1ccc(CN(C)CC(=O)NCCC#N)c(OC)c1. The third kappa shape index (κ3) is 5.71. The molecule has 0 aromatic heterocycles. The van der Waals surface area contributed by atoms with Crippen molar-refractivity contribution in [1.82, 2.24) is 10.2 Å². The maximum absolute atomic E-state index is 11.7. The van der Waals surface area contributed by atoms with Crippen molar-refractivity contribution in [2.75, 3.05) is 34.4 Å². The summed E-state index contributed by atoms with van der Waals surface area (Å²) in [5, 5.41) is 11.1. The normalized spacial score (nSPS) is 10.0. The molecule has 114 valence electrons. The molecule has 0 unspecified atom stereocenters. The second kappa shape index (κ2) is 8.82. The van der Waals surface area contributed by atoms with E-state index < -0.39 is 0 Å². The number of carbonyl (C=O) groups excluding carboxylic acids is 1.